The van der Waals surface area contributed by atoms with Gasteiger partial charge in [0.25, 0.3) is 0 Å². The van der Waals surface area contributed by atoms with Crippen LogP contribution in [0.3, 0.4) is 0 Å². The number of carbonyl (C=O) groups excluding carboxylic acids is 1. The van der Waals surface area contributed by atoms with Gasteiger partial charge >= 0.3 is 12.1 Å². The molecule has 0 fully saturated rings. The van der Waals surface area contributed by atoms with Crippen LogP contribution in [0.1, 0.15) is 34.5 Å². The predicted octanol–water partition coefficient (Wildman–Crippen LogP) is 6.69. The molecule has 0 bridgehead atoms. The van der Waals surface area contributed by atoms with Crippen molar-refractivity contribution in [2.75, 3.05) is 7.11 Å². The number of aromatic nitrogens is 1. The van der Waals surface area contributed by atoms with Gasteiger partial charge in [-0.25, -0.2) is 4.98 Å². The van der Waals surface area contributed by atoms with E-state index in [-0.39, 0.29) is 18.5 Å². The first-order valence-electron chi connectivity index (χ1n) is 10.4. The molecule has 2 heterocycles. The third-order valence-electron chi connectivity index (χ3n) is 5.41. The predicted molar refractivity (Wildman–Crippen MR) is 123 cm³/mol. The van der Waals surface area contributed by atoms with Crippen LogP contribution >= 0.6 is 23.1 Å². The molecular formula is C24H22F3NO3S2. The minimum absolute atomic E-state index is 0.160. The average molecular weight is 494 g/mol. The lowest BCUT2D eigenvalue weighted by Crippen LogP contribution is -2.26. The Hall–Kier alpha value is -2.52. The number of hydrogen-bond acceptors (Lipinski definition) is 6. The van der Waals surface area contributed by atoms with E-state index in [1.165, 1.54) is 30.6 Å². The van der Waals surface area contributed by atoms with E-state index < -0.39 is 11.7 Å². The number of benzene rings is 2. The van der Waals surface area contributed by atoms with Crippen LogP contribution in [0.25, 0.3) is 10.6 Å². The summed E-state index contributed by atoms with van der Waals surface area (Å²) in [7, 11) is 1.37. The maximum atomic E-state index is 12.8. The summed E-state index contributed by atoms with van der Waals surface area (Å²) in [4.78, 5) is 18.2. The second-order valence-electron chi connectivity index (χ2n) is 7.72. The number of nitrogens with zero attached hydrogens (tertiary/aromatic N) is 1. The summed E-state index contributed by atoms with van der Waals surface area (Å²) in [6.45, 7) is 1.92. The molecule has 0 saturated heterocycles. The molecule has 0 spiro atoms. The van der Waals surface area contributed by atoms with E-state index in [0.29, 0.717) is 10.6 Å². The summed E-state index contributed by atoms with van der Waals surface area (Å²) >= 11 is 3.18. The quantitative estimate of drug-likeness (QED) is 0.283. The molecule has 4 rings (SSSR count). The normalized spacial score (nSPS) is 15.6. The van der Waals surface area contributed by atoms with Crippen LogP contribution in [-0.4, -0.2) is 24.2 Å². The Bertz CT molecular complexity index is 1140. The number of methoxy groups -OCH3 is 1. The first kappa shape index (κ1) is 23.6. The summed E-state index contributed by atoms with van der Waals surface area (Å²) in [5.41, 5.74) is 2.02. The minimum Gasteiger partial charge on any atom is -0.490 e. The number of aryl methyl sites for hydroxylation is 2. The van der Waals surface area contributed by atoms with Crippen molar-refractivity contribution in [1.29, 1.82) is 0 Å². The smallest absolute Gasteiger partial charge is 0.416 e. The maximum absolute atomic E-state index is 12.8. The highest BCUT2D eigenvalue weighted by Crippen LogP contribution is 2.37. The van der Waals surface area contributed by atoms with Gasteiger partial charge in [-0.2, -0.15) is 13.2 Å². The van der Waals surface area contributed by atoms with E-state index in [4.69, 9.17) is 9.47 Å². The highest BCUT2D eigenvalue weighted by molar-refractivity contribution is 7.98. The molecule has 174 valence electrons. The zero-order valence-electron chi connectivity index (χ0n) is 18.1. The fraction of sp³-hybridized carbons (Fsp3) is 0.333. The van der Waals surface area contributed by atoms with Crippen molar-refractivity contribution < 1.29 is 27.4 Å². The second kappa shape index (κ2) is 9.77. The highest BCUT2D eigenvalue weighted by atomic mass is 32.2. The van der Waals surface area contributed by atoms with Crippen LogP contribution in [0.4, 0.5) is 13.2 Å². The summed E-state index contributed by atoms with van der Waals surface area (Å²) in [6.07, 6.45) is -2.66. The Morgan fingerprint density at radius 2 is 2.00 bits per heavy atom. The van der Waals surface area contributed by atoms with E-state index >= 15 is 0 Å². The zero-order valence-corrected chi connectivity index (χ0v) is 19.7. The summed E-state index contributed by atoms with van der Waals surface area (Å²) in [6, 6.07) is 11.2. The Morgan fingerprint density at radius 3 is 2.70 bits per heavy atom. The summed E-state index contributed by atoms with van der Waals surface area (Å²) in [5.74, 6) is 1.25. The third kappa shape index (κ3) is 5.70. The van der Waals surface area contributed by atoms with Crippen molar-refractivity contribution in [3.8, 4) is 16.3 Å². The molecule has 0 N–H and O–H groups in total. The summed E-state index contributed by atoms with van der Waals surface area (Å²) in [5, 5.41) is 0.715. The van der Waals surface area contributed by atoms with Crippen molar-refractivity contribution >= 4 is 29.1 Å². The molecule has 3 aromatic rings. The Balaban J connectivity index is 1.40. The number of thiazole rings is 1. The van der Waals surface area contributed by atoms with Crippen LogP contribution in [-0.2, 0) is 27.9 Å². The first-order valence-corrected chi connectivity index (χ1v) is 12.2. The lowest BCUT2D eigenvalue weighted by molar-refractivity contribution is -0.142. The van der Waals surface area contributed by atoms with Crippen LogP contribution in [0, 0.1) is 6.92 Å². The maximum Gasteiger partial charge on any atom is 0.416 e. The molecule has 4 nitrogen and oxygen atoms in total. The van der Waals surface area contributed by atoms with Crippen LogP contribution in [0.5, 0.6) is 5.75 Å². The number of rotatable bonds is 6. The molecule has 1 aliphatic rings. The molecule has 2 aromatic carbocycles. The lowest BCUT2D eigenvalue weighted by Gasteiger charge is -2.25. The molecule has 0 saturated carbocycles. The van der Waals surface area contributed by atoms with Crippen LogP contribution < -0.4 is 4.74 Å². The van der Waals surface area contributed by atoms with Gasteiger partial charge in [0.2, 0.25) is 0 Å². The number of esters is 1. The Morgan fingerprint density at radius 1 is 1.24 bits per heavy atom. The van der Waals surface area contributed by atoms with Crippen LogP contribution in [0.2, 0.25) is 0 Å². The van der Waals surface area contributed by atoms with Crippen molar-refractivity contribution in [1.82, 2.24) is 4.98 Å². The molecule has 1 atom stereocenters. The topological polar surface area (TPSA) is 48.4 Å². The Kier molecular flexibility index (Phi) is 6.99. The number of carbonyl (C=O) groups is 1. The van der Waals surface area contributed by atoms with Gasteiger partial charge < -0.3 is 9.47 Å². The van der Waals surface area contributed by atoms with Gasteiger partial charge in [0.1, 0.15) is 16.9 Å². The fourth-order valence-electron chi connectivity index (χ4n) is 3.56. The number of ether oxygens (including phenoxy) is 2. The van der Waals surface area contributed by atoms with Gasteiger partial charge in [-0.15, -0.1) is 23.1 Å². The van der Waals surface area contributed by atoms with Gasteiger partial charge in [0.15, 0.2) is 0 Å². The molecule has 0 radical (unpaired) electrons. The van der Waals surface area contributed by atoms with E-state index in [2.05, 4.69) is 11.1 Å². The number of alkyl halides is 3. The largest absolute Gasteiger partial charge is 0.490 e. The van der Waals surface area contributed by atoms with Crippen molar-refractivity contribution in [2.24, 2.45) is 0 Å². The van der Waals surface area contributed by atoms with Gasteiger partial charge in [-0.3, -0.25) is 4.79 Å². The molecule has 1 aromatic heterocycles. The second-order valence-corrected chi connectivity index (χ2v) is 9.85. The third-order valence-corrected chi connectivity index (χ3v) is 7.81. The first-order chi connectivity index (χ1) is 15.7. The van der Waals surface area contributed by atoms with Crippen molar-refractivity contribution in [3.63, 3.8) is 0 Å². The highest BCUT2D eigenvalue weighted by Gasteiger charge is 2.30. The van der Waals surface area contributed by atoms with E-state index in [9.17, 15) is 18.0 Å². The van der Waals surface area contributed by atoms with E-state index in [1.807, 2.05) is 19.1 Å². The minimum atomic E-state index is -4.35. The summed E-state index contributed by atoms with van der Waals surface area (Å²) < 4.78 is 49.1. The molecule has 1 aliphatic heterocycles. The SMILES string of the molecule is COC(=O)CC1CCc2cc(SCc3sc(-c4ccc(C(F)(F)F)cc4)nc3C)ccc2O1. The van der Waals surface area contributed by atoms with E-state index in [1.54, 1.807) is 11.8 Å². The van der Waals surface area contributed by atoms with E-state index in [0.717, 1.165) is 57.5 Å². The zero-order chi connectivity index (χ0) is 23.6. The average Bonchev–Trinajstić information content (AvgIpc) is 3.17. The number of halogens is 3. The molecule has 0 aliphatic carbocycles. The van der Waals surface area contributed by atoms with Crippen molar-refractivity contribution in [2.45, 2.75) is 49.1 Å². The van der Waals surface area contributed by atoms with Crippen LogP contribution in [0.15, 0.2) is 47.4 Å². The molecule has 1 unspecified atom stereocenters. The number of hydrogen-bond donors (Lipinski definition) is 0. The van der Waals surface area contributed by atoms with Gasteiger partial charge in [-0.05, 0) is 55.7 Å². The molecular weight excluding hydrogens is 471 g/mol. The van der Waals surface area contributed by atoms with Gasteiger partial charge in [0.05, 0.1) is 24.8 Å². The van der Waals surface area contributed by atoms with Gasteiger partial charge in [0, 0.05) is 21.1 Å². The molecule has 0 amide bonds. The molecule has 9 heteroatoms. The van der Waals surface area contributed by atoms with Gasteiger partial charge in [-0.1, -0.05) is 12.1 Å². The lowest BCUT2D eigenvalue weighted by atomic mass is 10.0. The monoisotopic (exact) mass is 493 g/mol. The number of fused-ring (bicyclic) bond motifs is 1. The fourth-order valence-corrected chi connectivity index (χ4v) is 5.73. The van der Waals surface area contributed by atoms with Crippen molar-refractivity contribution in [3.05, 3.63) is 64.2 Å². The standard InChI is InChI=1S/C24H22F3NO3S2/c1-14-21(33-23(28-14)15-3-6-17(7-4-15)24(25,26)27)13-32-19-9-10-20-16(11-19)5-8-18(31-20)12-22(29)30-2/h3-4,6-7,9-11,18H,5,8,12-13H2,1-2H3. The molecule has 33 heavy (non-hydrogen) atoms. The number of thioether (sulfide) groups is 1. The Labute approximate surface area is 198 Å².